The predicted molar refractivity (Wildman–Crippen MR) is 73.8 cm³/mol. The van der Waals surface area contributed by atoms with Crippen molar-refractivity contribution in [3.8, 4) is 0 Å². The van der Waals surface area contributed by atoms with E-state index < -0.39 is 5.97 Å². The lowest BCUT2D eigenvalue weighted by Gasteiger charge is -2.28. The van der Waals surface area contributed by atoms with Gasteiger partial charge in [-0.1, -0.05) is 12.8 Å². The monoisotopic (exact) mass is 292 g/mol. The minimum atomic E-state index is -0.761. The third kappa shape index (κ3) is 3.22. The van der Waals surface area contributed by atoms with E-state index in [2.05, 4.69) is 20.5 Å². The molecular formula is C14H20N4O3. The Morgan fingerprint density at radius 2 is 2.00 bits per heavy atom. The summed E-state index contributed by atoms with van der Waals surface area (Å²) in [5.41, 5.74) is 0. The number of nitrogens with one attached hydrogen (secondary N) is 2. The van der Waals surface area contributed by atoms with Crippen LogP contribution in [0, 0.1) is 11.8 Å². The topological polar surface area (TPSA) is 108 Å². The Morgan fingerprint density at radius 1 is 1.24 bits per heavy atom. The molecule has 2 fully saturated rings. The lowest BCUT2D eigenvalue weighted by atomic mass is 9.79. The van der Waals surface area contributed by atoms with Crippen LogP contribution in [0.1, 0.15) is 60.9 Å². The minimum absolute atomic E-state index is 0.00189. The molecule has 2 saturated carbocycles. The second kappa shape index (κ2) is 5.83. The van der Waals surface area contributed by atoms with Gasteiger partial charge in [0.2, 0.25) is 5.82 Å². The van der Waals surface area contributed by atoms with E-state index in [0.717, 1.165) is 37.9 Å². The average Bonchev–Trinajstić information content (AvgIpc) is 3.22. The van der Waals surface area contributed by atoms with Gasteiger partial charge in [0.1, 0.15) is 5.82 Å². The van der Waals surface area contributed by atoms with Crippen molar-refractivity contribution < 1.29 is 14.7 Å². The van der Waals surface area contributed by atoms with Crippen molar-refractivity contribution >= 4 is 11.9 Å². The van der Waals surface area contributed by atoms with Gasteiger partial charge in [-0.2, -0.15) is 0 Å². The molecule has 1 aromatic heterocycles. The first kappa shape index (κ1) is 14.0. The van der Waals surface area contributed by atoms with Crippen LogP contribution in [0.15, 0.2) is 0 Å². The van der Waals surface area contributed by atoms with Gasteiger partial charge in [-0.3, -0.25) is 14.7 Å². The summed E-state index contributed by atoms with van der Waals surface area (Å²) in [4.78, 5) is 27.4. The third-order valence-corrected chi connectivity index (χ3v) is 4.42. The highest BCUT2D eigenvalue weighted by Crippen LogP contribution is 2.37. The highest BCUT2D eigenvalue weighted by Gasteiger charge is 2.31. The number of nitrogens with zero attached hydrogens (tertiary/aromatic N) is 2. The van der Waals surface area contributed by atoms with Crippen molar-refractivity contribution in [2.45, 2.75) is 44.4 Å². The average molecular weight is 292 g/mol. The predicted octanol–water partition coefficient (Wildman–Crippen LogP) is 1.30. The fraction of sp³-hybridized carbons (Fsp3) is 0.714. The molecule has 3 rings (SSSR count). The zero-order valence-corrected chi connectivity index (χ0v) is 11.8. The largest absolute Gasteiger partial charge is 0.481 e. The summed E-state index contributed by atoms with van der Waals surface area (Å²) in [6, 6.07) is 0. The summed E-state index contributed by atoms with van der Waals surface area (Å²) < 4.78 is 0. The number of rotatable bonds is 5. The summed E-state index contributed by atoms with van der Waals surface area (Å²) in [7, 11) is 0. The summed E-state index contributed by atoms with van der Waals surface area (Å²) in [6.45, 7) is 0.378. The Labute approximate surface area is 122 Å². The number of carboxylic acids is 1. The lowest BCUT2D eigenvalue weighted by Crippen LogP contribution is -2.37. The first-order valence-corrected chi connectivity index (χ1v) is 7.58. The molecule has 21 heavy (non-hydrogen) atoms. The molecule has 1 heterocycles. The summed E-state index contributed by atoms with van der Waals surface area (Å²) >= 11 is 0. The van der Waals surface area contributed by atoms with Crippen LogP contribution in [0.3, 0.4) is 0 Å². The molecule has 7 nitrogen and oxygen atoms in total. The maximum absolute atomic E-state index is 12.0. The van der Waals surface area contributed by atoms with Crippen LogP contribution in [-0.2, 0) is 4.79 Å². The Kier molecular flexibility index (Phi) is 3.90. The number of hydrogen-bond donors (Lipinski definition) is 3. The van der Waals surface area contributed by atoms with Crippen LogP contribution in [0.2, 0.25) is 0 Å². The van der Waals surface area contributed by atoms with Gasteiger partial charge in [-0.15, -0.1) is 5.10 Å². The van der Waals surface area contributed by atoms with E-state index in [-0.39, 0.29) is 23.6 Å². The molecule has 0 bridgehead atoms. The molecule has 0 saturated heterocycles. The number of amides is 1. The van der Waals surface area contributed by atoms with Crippen molar-refractivity contribution in [2.75, 3.05) is 6.54 Å². The maximum Gasteiger partial charge on any atom is 0.306 e. The van der Waals surface area contributed by atoms with Gasteiger partial charge in [-0.05, 0) is 31.6 Å². The molecule has 114 valence electrons. The Bertz CT molecular complexity index is 538. The molecule has 2 atom stereocenters. The van der Waals surface area contributed by atoms with Crippen LogP contribution in [0.4, 0.5) is 0 Å². The summed E-state index contributed by atoms with van der Waals surface area (Å²) in [5.74, 6) is -0.0828. The maximum atomic E-state index is 12.0. The quantitative estimate of drug-likeness (QED) is 0.758. The highest BCUT2D eigenvalue weighted by molar-refractivity contribution is 5.90. The third-order valence-electron chi connectivity index (χ3n) is 4.42. The standard InChI is InChI=1S/C14H20N4O3/c19-13(12-16-11(17-18-12)8-5-6-8)15-7-9-3-1-2-4-10(9)14(20)21/h8-10H,1-7H2,(H,15,19)(H,20,21)(H,16,17,18). The Morgan fingerprint density at radius 3 is 2.71 bits per heavy atom. The van der Waals surface area contributed by atoms with E-state index in [1.165, 1.54) is 0 Å². The van der Waals surface area contributed by atoms with Gasteiger partial charge in [0.05, 0.1) is 5.92 Å². The number of carboxylic acid groups (broad SMARTS) is 1. The van der Waals surface area contributed by atoms with E-state index >= 15 is 0 Å². The van der Waals surface area contributed by atoms with Gasteiger partial charge in [0.15, 0.2) is 0 Å². The molecule has 2 aliphatic carbocycles. The fourth-order valence-corrected chi connectivity index (χ4v) is 3.00. The molecule has 0 aromatic carbocycles. The molecule has 2 aliphatic rings. The van der Waals surface area contributed by atoms with Crippen LogP contribution in [-0.4, -0.2) is 38.7 Å². The lowest BCUT2D eigenvalue weighted by molar-refractivity contribution is -0.144. The normalized spacial score (nSPS) is 25.5. The molecule has 0 spiro atoms. The van der Waals surface area contributed by atoms with Crippen LogP contribution < -0.4 is 5.32 Å². The molecule has 3 N–H and O–H groups in total. The molecule has 2 unspecified atom stereocenters. The number of carbonyl (C=O) groups excluding carboxylic acids is 1. The Hall–Kier alpha value is -1.92. The SMILES string of the molecule is O=C(NCC1CCCCC1C(=O)O)c1n[nH]c(C2CC2)n1. The molecule has 7 heteroatoms. The molecule has 1 amide bonds. The number of H-pyrrole nitrogens is 1. The number of aromatic amines is 1. The zero-order chi connectivity index (χ0) is 14.8. The first-order chi connectivity index (χ1) is 10.1. The highest BCUT2D eigenvalue weighted by atomic mass is 16.4. The van der Waals surface area contributed by atoms with Crippen LogP contribution in [0.5, 0.6) is 0 Å². The van der Waals surface area contributed by atoms with Gasteiger partial charge in [0.25, 0.3) is 5.91 Å². The molecule has 1 aromatic rings. The molecule has 0 aliphatic heterocycles. The van der Waals surface area contributed by atoms with Crippen molar-refractivity contribution in [3.63, 3.8) is 0 Å². The van der Waals surface area contributed by atoms with E-state index in [0.29, 0.717) is 18.9 Å². The van der Waals surface area contributed by atoms with E-state index in [4.69, 9.17) is 0 Å². The fourth-order valence-electron chi connectivity index (χ4n) is 3.00. The van der Waals surface area contributed by atoms with Crippen molar-refractivity contribution in [3.05, 3.63) is 11.6 Å². The van der Waals surface area contributed by atoms with E-state index in [9.17, 15) is 14.7 Å². The van der Waals surface area contributed by atoms with Crippen molar-refractivity contribution in [2.24, 2.45) is 11.8 Å². The Balaban J connectivity index is 1.55. The zero-order valence-electron chi connectivity index (χ0n) is 11.8. The smallest absolute Gasteiger partial charge is 0.306 e. The number of aromatic nitrogens is 3. The van der Waals surface area contributed by atoms with Gasteiger partial charge in [0, 0.05) is 12.5 Å². The van der Waals surface area contributed by atoms with Crippen molar-refractivity contribution in [1.82, 2.24) is 20.5 Å². The van der Waals surface area contributed by atoms with E-state index in [1.54, 1.807) is 0 Å². The second-order valence-electron chi connectivity index (χ2n) is 6.02. The minimum Gasteiger partial charge on any atom is -0.481 e. The molecule has 0 radical (unpaired) electrons. The summed E-state index contributed by atoms with van der Waals surface area (Å²) in [5, 5.41) is 18.7. The van der Waals surface area contributed by atoms with Crippen LogP contribution >= 0.6 is 0 Å². The number of carbonyl (C=O) groups is 2. The summed E-state index contributed by atoms with van der Waals surface area (Å²) in [6.07, 6.45) is 5.71. The van der Waals surface area contributed by atoms with Gasteiger partial charge >= 0.3 is 5.97 Å². The van der Waals surface area contributed by atoms with Crippen LogP contribution in [0.25, 0.3) is 0 Å². The number of aliphatic carboxylic acids is 1. The van der Waals surface area contributed by atoms with Gasteiger partial charge in [-0.25, -0.2) is 4.98 Å². The van der Waals surface area contributed by atoms with Crippen molar-refractivity contribution in [1.29, 1.82) is 0 Å². The van der Waals surface area contributed by atoms with E-state index in [1.807, 2.05) is 0 Å². The van der Waals surface area contributed by atoms with Gasteiger partial charge < -0.3 is 10.4 Å². The first-order valence-electron chi connectivity index (χ1n) is 7.58. The molecular weight excluding hydrogens is 272 g/mol. The second-order valence-corrected chi connectivity index (χ2v) is 6.02. The number of hydrogen-bond acceptors (Lipinski definition) is 4.